The molecule has 2 amide bonds. The molecule has 0 spiro atoms. The molecule has 0 aliphatic heterocycles. The number of nitrogens with zero attached hydrogens (tertiary/aromatic N) is 4. The van der Waals surface area contributed by atoms with Crippen LogP contribution in [0.3, 0.4) is 0 Å². The van der Waals surface area contributed by atoms with Gasteiger partial charge in [-0.2, -0.15) is 31.4 Å². The second-order valence-corrected chi connectivity index (χ2v) is 10.0. The topological polar surface area (TPSA) is 145 Å². The van der Waals surface area contributed by atoms with Crippen LogP contribution >= 0.6 is 0 Å². The minimum atomic E-state index is -6.03. The van der Waals surface area contributed by atoms with Crippen LogP contribution in [0, 0.1) is 0 Å². The molecule has 1 fully saturated rings. The minimum absolute atomic E-state index is 0.114. The zero-order chi connectivity index (χ0) is 31.2. The van der Waals surface area contributed by atoms with E-state index in [-0.39, 0.29) is 34.7 Å². The van der Waals surface area contributed by atoms with Crippen molar-refractivity contribution in [3.8, 4) is 11.6 Å². The SMILES string of the molecule is NC(=O)c1c(OC2CCC(NC(=O)c3cnn4cc(OCC(O)(C(F)(F)F)C(F)(F)F)ccc34)CC2)nn2ccccc12. The van der Waals surface area contributed by atoms with Gasteiger partial charge in [-0.1, -0.05) is 6.07 Å². The third-order valence-corrected chi connectivity index (χ3v) is 7.16. The van der Waals surface area contributed by atoms with Crippen LogP contribution in [-0.4, -0.2) is 72.9 Å². The van der Waals surface area contributed by atoms with Crippen LogP contribution in [0.25, 0.3) is 11.0 Å². The van der Waals surface area contributed by atoms with E-state index in [1.165, 1.54) is 16.8 Å². The number of pyridine rings is 2. The van der Waals surface area contributed by atoms with Crippen LogP contribution in [0.4, 0.5) is 26.3 Å². The van der Waals surface area contributed by atoms with Crippen LogP contribution < -0.4 is 20.5 Å². The Morgan fingerprint density at radius 2 is 1.70 bits per heavy atom. The van der Waals surface area contributed by atoms with Gasteiger partial charge in [0.05, 0.1) is 29.0 Å². The van der Waals surface area contributed by atoms with Crippen LogP contribution in [0.2, 0.25) is 0 Å². The molecule has 0 radical (unpaired) electrons. The van der Waals surface area contributed by atoms with Crippen molar-refractivity contribution in [3.63, 3.8) is 0 Å². The monoisotopic (exact) mass is 614 g/mol. The molecule has 0 aromatic carbocycles. The molecule has 4 heterocycles. The highest BCUT2D eigenvalue weighted by atomic mass is 19.4. The lowest BCUT2D eigenvalue weighted by Gasteiger charge is -2.31. The van der Waals surface area contributed by atoms with Crippen molar-refractivity contribution in [1.82, 2.24) is 24.5 Å². The number of primary amides is 1. The highest BCUT2D eigenvalue weighted by molar-refractivity contribution is 6.02. The predicted octanol–water partition coefficient (Wildman–Crippen LogP) is 3.44. The van der Waals surface area contributed by atoms with Crippen molar-refractivity contribution in [2.75, 3.05) is 6.61 Å². The number of carbonyl (C=O) groups is 2. The summed E-state index contributed by atoms with van der Waals surface area (Å²) in [5.74, 6) is -1.48. The van der Waals surface area contributed by atoms with E-state index in [4.69, 9.17) is 10.5 Å². The molecule has 1 saturated carbocycles. The van der Waals surface area contributed by atoms with Gasteiger partial charge < -0.3 is 25.6 Å². The summed E-state index contributed by atoms with van der Waals surface area (Å²) < 4.78 is 90.6. The molecule has 4 aromatic heterocycles. The van der Waals surface area contributed by atoms with Gasteiger partial charge in [0.2, 0.25) is 5.88 Å². The maximum Gasteiger partial charge on any atom is 0.429 e. The van der Waals surface area contributed by atoms with Gasteiger partial charge >= 0.3 is 12.4 Å². The summed E-state index contributed by atoms with van der Waals surface area (Å²) in [4.78, 5) is 25.0. The van der Waals surface area contributed by atoms with E-state index in [0.717, 1.165) is 16.8 Å². The minimum Gasteiger partial charge on any atom is -0.488 e. The Bertz CT molecular complexity index is 1640. The largest absolute Gasteiger partial charge is 0.488 e. The molecule has 0 saturated heterocycles. The van der Waals surface area contributed by atoms with Gasteiger partial charge in [-0.05, 0) is 49.9 Å². The number of hydrogen-bond acceptors (Lipinski definition) is 7. The summed E-state index contributed by atoms with van der Waals surface area (Å²) in [6, 6.07) is 7.26. The van der Waals surface area contributed by atoms with Crippen LogP contribution in [-0.2, 0) is 0 Å². The Morgan fingerprint density at radius 3 is 2.35 bits per heavy atom. The first-order chi connectivity index (χ1) is 20.2. The third kappa shape index (κ3) is 5.76. The van der Waals surface area contributed by atoms with E-state index in [9.17, 15) is 41.0 Å². The number of fused-ring (bicyclic) bond motifs is 2. The number of aromatic nitrogens is 4. The number of nitrogens with one attached hydrogen (secondary N) is 1. The molecule has 5 rings (SSSR count). The van der Waals surface area contributed by atoms with Gasteiger partial charge in [-0.15, -0.1) is 5.10 Å². The first-order valence-electron chi connectivity index (χ1n) is 12.9. The first kappa shape index (κ1) is 29.9. The van der Waals surface area contributed by atoms with Crippen molar-refractivity contribution in [2.24, 2.45) is 5.73 Å². The summed E-state index contributed by atoms with van der Waals surface area (Å²) in [6.07, 6.45) is -6.35. The standard InChI is InChI=1S/C26H24F6N6O5/c27-25(28,29)24(41,26(30,31)32)13-42-16-8-9-18-17(11-34-38(18)12-16)22(40)35-14-4-6-15(7-5-14)43-23-20(21(33)39)19-3-1-2-10-37(19)36-23/h1-3,8-12,14-15,41H,4-7,13H2,(H2,33,39)(H,35,40). The summed E-state index contributed by atoms with van der Waals surface area (Å²) in [5.41, 5.74) is 1.48. The molecular weight excluding hydrogens is 590 g/mol. The van der Waals surface area contributed by atoms with Crippen LogP contribution in [0.1, 0.15) is 46.4 Å². The van der Waals surface area contributed by atoms with Gasteiger partial charge in [-0.25, -0.2) is 9.03 Å². The molecule has 11 nitrogen and oxygen atoms in total. The maximum atomic E-state index is 13.0. The molecular formula is C26H24F6N6O5. The second kappa shape index (κ2) is 10.9. The Labute approximate surface area is 238 Å². The number of aliphatic hydroxyl groups is 1. The summed E-state index contributed by atoms with van der Waals surface area (Å²) in [6.45, 7) is -2.13. The molecule has 1 aliphatic carbocycles. The smallest absolute Gasteiger partial charge is 0.429 e. The Kier molecular flexibility index (Phi) is 7.62. The first-order valence-corrected chi connectivity index (χ1v) is 12.9. The molecule has 17 heteroatoms. The van der Waals surface area contributed by atoms with Crippen molar-refractivity contribution < 1.29 is 50.5 Å². The number of hydrogen-bond donors (Lipinski definition) is 3. The molecule has 0 bridgehead atoms. The average molecular weight is 615 g/mol. The summed E-state index contributed by atoms with van der Waals surface area (Å²) in [7, 11) is 0. The molecule has 4 aromatic rings. The van der Waals surface area contributed by atoms with Crippen LogP contribution in [0.15, 0.2) is 48.9 Å². The lowest BCUT2D eigenvalue weighted by molar-refractivity contribution is -0.373. The van der Waals surface area contributed by atoms with E-state index in [2.05, 4.69) is 20.3 Å². The molecule has 0 unspecified atom stereocenters. The van der Waals surface area contributed by atoms with E-state index < -0.39 is 42.1 Å². The van der Waals surface area contributed by atoms with E-state index >= 15 is 0 Å². The zero-order valence-corrected chi connectivity index (χ0v) is 22.0. The molecule has 4 N–H and O–H groups in total. The normalized spacial score (nSPS) is 18.1. The second-order valence-electron chi connectivity index (χ2n) is 10.0. The van der Waals surface area contributed by atoms with Gasteiger partial charge in [0.1, 0.15) is 24.0 Å². The lowest BCUT2D eigenvalue weighted by Crippen LogP contribution is -2.60. The highest BCUT2D eigenvalue weighted by Gasteiger charge is 2.71. The maximum absolute atomic E-state index is 13.0. The number of halogens is 6. The fourth-order valence-electron chi connectivity index (χ4n) is 4.78. The Balaban J connectivity index is 1.19. The number of rotatable bonds is 8. The number of alkyl halides is 6. The van der Waals surface area contributed by atoms with Crippen molar-refractivity contribution in [3.05, 3.63) is 60.0 Å². The Morgan fingerprint density at radius 1 is 1.00 bits per heavy atom. The fourth-order valence-corrected chi connectivity index (χ4v) is 4.78. The number of amides is 2. The third-order valence-electron chi connectivity index (χ3n) is 7.16. The molecule has 0 atom stereocenters. The number of ether oxygens (including phenoxy) is 2. The average Bonchev–Trinajstić information content (AvgIpc) is 3.52. The number of carbonyl (C=O) groups excluding carboxylic acids is 2. The molecule has 230 valence electrons. The van der Waals surface area contributed by atoms with Crippen molar-refractivity contribution in [2.45, 2.75) is 55.8 Å². The molecule has 1 aliphatic rings. The molecule has 43 heavy (non-hydrogen) atoms. The predicted molar refractivity (Wildman–Crippen MR) is 136 cm³/mol. The zero-order valence-electron chi connectivity index (χ0n) is 22.0. The lowest BCUT2D eigenvalue weighted by atomic mass is 9.92. The Hall–Kier alpha value is -4.54. The van der Waals surface area contributed by atoms with E-state index in [1.807, 2.05) is 0 Å². The van der Waals surface area contributed by atoms with E-state index in [0.29, 0.717) is 31.2 Å². The van der Waals surface area contributed by atoms with Crippen molar-refractivity contribution in [1.29, 1.82) is 0 Å². The van der Waals surface area contributed by atoms with Crippen molar-refractivity contribution >= 4 is 22.8 Å². The summed E-state index contributed by atoms with van der Waals surface area (Å²) in [5, 5.41) is 20.4. The van der Waals surface area contributed by atoms with Gasteiger partial charge in [0, 0.05) is 12.2 Å². The van der Waals surface area contributed by atoms with Gasteiger partial charge in [0.25, 0.3) is 17.4 Å². The highest BCUT2D eigenvalue weighted by Crippen LogP contribution is 2.43. The fraction of sp³-hybridized carbons (Fsp3) is 0.385. The quantitative estimate of drug-likeness (QED) is 0.258. The van der Waals surface area contributed by atoms with Gasteiger partial charge in [-0.3, -0.25) is 9.59 Å². The number of nitrogens with two attached hydrogens (primary N) is 1. The summed E-state index contributed by atoms with van der Waals surface area (Å²) >= 11 is 0. The van der Waals surface area contributed by atoms with Crippen LogP contribution in [0.5, 0.6) is 11.6 Å². The van der Waals surface area contributed by atoms with E-state index in [1.54, 1.807) is 24.4 Å². The van der Waals surface area contributed by atoms with Gasteiger partial charge in [0.15, 0.2) is 0 Å².